The van der Waals surface area contributed by atoms with Crippen LogP contribution in [0.15, 0.2) is 0 Å². The van der Waals surface area contributed by atoms with Gasteiger partial charge in [-0.15, -0.1) is 0 Å². The average Bonchev–Trinajstić information content (AvgIpc) is 3.02. The monoisotopic (exact) mass is 211 g/mol. The van der Waals surface area contributed by atoms with Crippen LogP contribution in [0.2, 0.25) is 0 Å². The van der Waals surface area contributed by atoms with Gasteiger partial charge in [0.25, 0.3) is 0 Å². The number of nitrogens with zero attached hydrogens (tertiary/aromatic N) is 1. The lowest BCUT2D eigenvalue weighted by molar-refractivity contribution is 0.0392. The zero-order chi connectivity index (χ0) is 10.7. The molecule has 0 aromatic carbocycles. The van der Waals surface area contributed by atoms with E-state index in [1.165, 1.54) is 51.5 Å². The van der Waals surface area contributed by atoms with Crippen LogP contribution in [-0.4, -0.2) is 34.7 Å². The maximum Gasteiger partial charge on any atom is 0.0695 e. The molecule has 2 rings (SSSR count). The van der Waals surface area contributed by atoms with Crippen molar-refractivity contribution in [1.29, 1.82) is 0 Å². The molecule has 0 amide bonds. The van der Waals surface area contributed by atoms with Crippen LogP contribution in [-0.2, 0) is 0 Å². The number of aliphatic hydroxyl groups excluding tert-OH is 1. The highest BCUT2D eigenvalue weighted by atomic mass is 16.3. The Morgan fingerprint density at radius 2 is 1.80 bits per heavy atom. The highest BCUT2D eigenvalue weighted by Crippen LogP contribution is 2.33. The molecule has 15 heavy (non-hydrogen) atoms. The molecule has 2 nitrogen and oxygen atoms in total. The Hall–Kier alpha value is -0.0800. The molecule has 0 saturated heterocycles. The van der Waals surface area contributed by atoms with Gasteiger partial charge in [0.2, 0.25) is 0 Å². The highest BCUT2D eigenvalue weighted by molar-refractivity contribution is 4.92. The summed E-state index contributed by atoms with van der Waals surface area (Å²) in [4.78, 5) is 2.61. The van der Waals surface area contributed by atoms with Gasteiger partial charge in [-0.25, -0.2) is 0 Å². The molecule has 2 fully saturated rings. The quantitative estimate of drug-likeness (QED) is 0.722. The third-order valence-corrected chi connectivity index (χ3v) is 3.87. The van der Waals surface area contributed by atoms with E-state index in [9.17, 15) is 5.11 Å². The lowest BCUT2D eigenvalue weighted by Gasteiger charge is -2.34. The van der Waals surface area contributed by atoms with Crippen LogP contribution in [0.5, 0.6) is 0 Å². The van der Waals surface area contributed by atoms with Crippen molar-refractivity contribution in [3.05, 3.63) is 0 Å². The van der Waals surface area contributed by atoms with Crippen LogP contribution < -0.4 is 0 Å². The first-order chi connectivity index (χ1) is 7.33. The first-order valence-electron chi connectivity index (χ1n) is 6.76. The van der Waals surface area contributed by atoms with Crippen molar-refractivity contribution >= 4 is 0 Å². The Balaban J connectivity index is 1.96. The molecule has 2 heteroatoms. The second kappa shape index (κ2) is 5.31. The summed E-state index contributed by atoms with van der Waals surface area (Å²) in [6, 6.07) is 1.28. The normalized spacial score (nSPS) is 33.0. The average molecular weight is 211 g/mol. The molecule has 2 atom stereocenters. The maximum atomic E-state index is 10.2. The van der Waals surface area contributed by atoms with Gasteiger partial charge < -0.3 is 5.11 Å². The third kappa shape index (κ3) is 2.94. The molecule has 0 spiro atoms. The summed E-state index contributed by atoms with van der Waals surface area (Å²) in [6.45, 7) is 3.44. The van der Waals surface area contributed by atoms with Crippen molar-refractivity contribution in [2.75, 3.05) is 6.54 Å². The Labute approximate surface area is 93.7 Å². The first kappa shape index (κ1) is 11.4. The zero-order valence-electron chi connectivity index (χ0n) is 9.99. The van der Waals surface area contributed by atoms with Gasteiger partial charge in [0.15, 0.2) is 0 Å². The van der Waals surface area contributed by atoms with E-state index in [-0.39, 0.29) is 6.10 Å². The second-order valence-corrected chi connectivity index (χ2v) is 5.24. The van der Waals surface area contributed by atoms with Gasteiger partial charge in [-0.1, -0.05) is 26.2 Å². The van der Waals surface area contributed by atoms with E-state index in [4.69, 9.17) is 0 Å². The fourth-order valence-corrected chi connectivity index (χ4v) is 2.94. The second-order valence-electron chi connectivity index (χ2n) is 5.24. The first-order valence-corrected chi connectivity index (χ1v) is 6.76. The minimum atomic E-state index is -0.0559. The molecule has 1 N–H and O–H groups in total. The molecule has 88 valence electrons. The van der Waals surface area contributed by atoms with Crippen molar-refractivity contribution in [2.45, 2.75) is 76.5 Å². The number of hydrogen-bond donors (Lipinski definition) is 1. The largest absolute Gasteiger partial charge is 0.391 e. The predicted molar refractivity (Wildman–Crippen MR) is 62.9 cm³/mol. The fraction of sp³-hybridized carbons (Fsp3) is 1.00. The molecule has 0 aromatic rings. The van der Waals surface area contributed by atoms with Gasteiger partial charge in [-0.3, -0.25) is 4.90 Å². The standard InChI is InChI=1S/C13H25NO/c1-2-10-14(11-8-9-11)12-6-4-3-5-7-13(12)15/h11-13,15H,2-10H2,1H3. The number of hydrogen-bond acceptors (Lipinski definition) is 2. The van der Waals surface area contributed by atoms with Crippen molar-refractivity contribution < 1.29 is 5.11 Å². The van der Waals surface area contributed by atoms with Gasteiger partial charge >= 0.3 is 0 Å². The fourth-order valence-electron chi connectivity index (χ4n) is 2.94. The van der Waals surface area contributed by atoms with E-state index in [0.717, 1.165) is 12.5 Å². The summed E-state index contributed by atoms with van der Waals surface area (Å²) in [7, 11) is 0. The van der Waals surface area contributed by atoms with Crippen LogP contribution in [0.3, 0.4) is 0 Å². The Bertz CT molecular complexity index is 191. The van der Waals surface area contributed by atoms with Crippen molar-refractivity contribution in [2.24, 2.45) is 0 Å². The van der Waals surface area contributed by atoms with E-state index >= 15 is 0 Å². The Morgan fingerprint density at radius 3 is 2.47 bits per heavy atom. The summed E-state index contributed by atoms with van der Waals surface area (Å²) in [6.07, 6.45) is 10.00. The van der Waals surface area contributed by atoms with Gasteiger partial charge in [0, 0.05) is 12.1 Å². The Morgan fingerprint density at radius 1 is 1.07 bits per heavy atom. The van der Waals surface area contributed by atoms with Crippen molar-refractivity contribution in [1.82, 2.24) is 4.90 Å². The SMILES string of the molecule is CCCN(C1CC1)C1CCCCCC1O. The molecule has 0 aromatic heterocycles. The van der Waals surface area contributed by atoms with Crippen LogP contribution in [0, 0.1) is 0 Å². The molecular weight excluding hydrogens is 186 g/mol. The summed E-state index contributed by atoms with van der Waals surface area (Å²) < 4.78 is 0. The van der Waals surface area contributed by atoms with E-state index in [2.05, 4.69) is 11.8 Å². The number of aliphatic hydroxyl groups is 1. The van der Waals surface area contributed by atoms with Gasteiger partial charge in [0.05, 0.1) is 6.10 Å². The molecule has 2 saturated carbocycles. The van der Waals surface area contributed by atoms with Crippen LogP contribution in [0.25, 0.3) is 0 Å². The zero-order valence-corrected chi connectivity index (χ0v) is 9.99. The van der Waals surface area contributed by atoms with E-state index in [1.54, 1.807) is 0 Å². The summed E-state index contributed by atoms with van der Waals surface area (Å²) in [5.41, 5.74) is 0. The maximum absolute atomic E-state index is 10.2. The lowest BCUT2D eigenvalue weighted by Crippen LogP contribution is -2.44. The molecule has 2 unspecified atom stereocenters. The summed E-state index contributed by atoms with van der Waals surface area (Å²) in [5.74, 6) is 0. The molecule has 0 heterocycles. The minimum absolute atomic E-state index is 0.0559. The summed E-state index contributed by atoms with van der Waals surface area (Å²) in [5, 5.41) is 10.2. The third-order valence-electron chi connectivity index (χ3n) is 3.87. The van der Waals surface area contributed by atoms with E-state index in [1.807, 2.05) is 0 Å². The predicted octanol–water partition coefficient (Wildman–Crippen LogP) is 2.55. The van der Waals surface area contributed by atoms with Gasteiger partial charge in [-0.2, -0.15) is 0 Å². The lowest BCUT2D eigenvalue weighted by atomic mass is 10.0. The van der Waals surface area contributed by atoms with Gasteiger partial charge in [0.1, 0.15) is 0 Å². The topological polar surface area (TPSA) is 23.5 Å². The van der Waals surface area contributed by atoms with E-state index in [0.29, 0.717) is 6.04 Å². The molecule has 0 bridgehead atoms. The molecule has 2 aliphatic carbocycles. The Kier molecular flexibility index (Phi) is 4.04. The summed E-state index contributed by atoms with van der Waals surface area (Å²) >= 11 is 0. The minimum Gasteiger partial charge on any atom is -0.391 e. The molecular formula is C13H25NO. The molecule has 0 radical (unpaired) electrons. The molecule has 2 aliphatic rings. The van der Waals surface area contributed by atoms with Crippen LogP contribution in [0.4, 0.5) is 0 Å². The molecule has 0 aliphatic heterocycles. The number of rotatable bonds is 4. The smallest absolute Gasteiger partial charge is 0.0695 e. The van der Waals surface area contributed by atoms with Crippen LogP contribution in [0.1, 0.15) is 58.3 Å². The van der Waals surface area contributed by atoms with Crippen molar-refractivity contribution in [3.8, 4) is 0 Å². The highest BCUT2D eigenvalue weighted by Gasteiger charge is 2.36. The van der Waals surface area contributed by atoms with E-state index < -0.39 is 0 Å². The van der Waals surface area contributed by atoms with Crippen molar-refractivity contribution in [3.63, 3.8) is 0 Å². The van der Waals surface area contributed by atoms with Crippen LogP contribution >= 0.6 is 0 Å². The van der Waals surface area contributed by atoms with Gasteiger partial charge in [-0.05, 0) is 38.6 Å².